The van der Waals surface area contributed by atoms with E-state index < -0.39 is 6.10 Å². The normalized spacial score (nSPS) is 12.4. The second-order valence-corrected chi connectivity index (χ2v) is 5.97. The highest BCUT2D eigenvalue weighted by molar-refractivity contribution is 9.10. The smallest absolute Gasteiger partial charge is 0.118 e. The lowest BCUT2D eigenvalue weighted by Gasteiger charge is -2.12. The van der Waals surface area contributed by atoms with Crippen LogP contribution in [0.1, 0.15) is 16.5 Å². The zero-order valence-corrected chi connectivity index (χ0v) is 13.0. The summed E-state index contributed by atoms with van der Waals surface area (Å²) in [7, 11) is 1.63. The van der Waals surface area contributed by atoms with Gasteiger partial charge in [-0.25, -0.2) is 0 Å². The number of rotatable bonds is 6. The second-order valence-electron chi connectivity index (χ2n) is 4.11. The van der Waals surface area contributed by atoms with E-state index in [9.17, 15) is 5.11 Å². The molecule has 1 atom stereocenters. The molecule has 0 saturated heterocycles. The minimum atomic E-state index is -0.510. The largest absolute Gasteiger partial charge is 0.497 e. The van der Waals surface area contributed by atoms with E-state index in [-0.39, 0.29) is 0 Å². The Morgan fingerprint density at radius 1 is 1.32 bits per heavy atom. The number of ether oxygens (including phenoxy) is 1. The van der Waals surface area contributed by atoms with Gasteiger partial charge in [-0.2, -0.15) is 0 Å². The molecular formula is C14H16BrNO2S. The van der Waals surface area contributed by atoms with Crippen molar-refractivity contribution in [3.63, 3.8) is 0 Å². The summed E-state index contributed by atoms with van der Waals surface area (Å²) >= 11 is 5.18. The predicted molar refractivity (Wildman–Crippen MR) is 81.7 cm³/mol. The van der Waals surface area contributed by atoms with Gasteiger partial charge in [0, 0.05) is 22.4 Å². The first-order chi connectivity index (χ1) is 9.20. The molecule has 2 rings (SSSR count). The molecular weight excluding hydrogens is 326 g/mol. The monoisotopic (exact) mass is 341 g/mol. The summed E-state index contributed by atoms with van der Waals surface area (Å²) in [6, 6.07) is 9.50. The van der Waals surface area contributed by atoms with Crippen molar-refractivity contribution >= 4 is 27.3 Å². The van der Waals surface area contributed by atoms with E-state index in [4.69, 9.17) is 4.74 Å². The van der Waals surface area contributed by atoms with Crippen LogP contribution >= 0.6 is 27.3 Å². The van der Waals surface area contributed by atoms with Gasteiger partial charge in [0.05, 0.1) is 13.2 Å². The molecule has 0 radical (unpaired) electrons. The van der Waals surface area contributed by atoms with Crippen LogP contribution in [0.15, 0.2) is 40.2 Å². The molecule has 0 spiro atoms. The quantitative estimate of drug-likeness (QED) is 0.846. The van der Waals surface area contributed by atoms with Gasteiger partial charge < -0.3 is 15.2 Å². The van der Waals surface area contributed by atoms with Gasteiger partial charge in [-0.1, -0.05) is 12.1 Å². The number of nitrogens with one attached hydrogen (secondary N) is 1. The maximum Gasteiger partial charge on any atom is 0.118 e. The number of hydrogen-bond donors (Lipinski definition) is 2. The molecule has 1 aromatic heterocycles. The van der Waals surface area contributed by atoms with Crippen LogP contribution in [0, 0.1) is 0 Å². The second kappa shape index (κ2) is 7.05. The van der Waals surface area contributed by atoms with E-state index in [1.165, 1.54) is 4.88 Å². The third kappa shape index (κ3) is 4.04. The Balaban J connectivity index is 1.83. The van der Waals surface area contributed by atoms with E-state index in [2.05, 4.69) is 21.2 Å². The number of halogens is 1. The van der Waals surface area contributed by atoms with E-state index in [0.29, 0.717) is 6.54 Å². The summed E-state index contributed by atoms with van der Waals surface area (Å²) < 4.78 is 6.21. The molecule has 0 amide bonds. The molecule has 0 aliphatic carbocycles. The van der Waals surface area contributed by atoms with Crippen molar-refractivity contribution in [1.82, 2.24) is 5.32 Å². The standard InChI is InChI=1S/C14H16BrNO2S/c1-18-11-4-2-10(3-5-11)13(17)8-16-9-14-12(15)6-7-19-14/h2-7,13,16-17H,8-9H2,1H3. The van der Waals surface area contributed by atoms with Crippen molar-refractivity contribution in [2.45, 2.75) is 12.6 Å². The Kier molecular flexibility index (Phi) is 5.39. The van der Waals surface area contributed by atoms with Crippen molar-refractivity contribution < 1.29 is 9.84 Å². The average Bonchev–Trinajstić information content (AvgIpc) is 2.84. The lowest BCUT2D eigenvalue weighted by molar-refractivity contribution is 0.174. The van der Waals surface area contributed by atoms with Crippen molar-refractivity contribution in [3.05, 3.63) is 50.6 Å². The van der Waals surface area contributed by atoms with Crippen LogP contribution in [-0.4, -0.2) is 18.8 Å². The topological polar surface area (TPSA) is 41.5 Å². The highest BCUT2D eigenvalue weighted by Gasteiger charge is 2.08. The van der Waals surface area contributed by atoms with Gasteiger partial charge >= 0.3 is 0 Å². The van der Waals surface area contributed by atoms with Gasteiger partial charge in [-0.15, -0.1) is 11.3 Å². The Bertz CT molecular complexity index is 512. The van der Waals surface area contributed by atoms with Gasteiger partial charge in [-0.05, 0) is 45.1 Å². The molecule has 0 fully saturated rings. The highest BCUT2D eigenvalue weighted by atomic mass is 79.9. The summed E-state index contributed by atoms with van der Waals surface area (Å²) in [5, 5.41) is 15.4. The summed E-state index contributed by atoms with van der Waals surface area (Å²) in [6.45, 7) is 1.28. The number of methoxy groups -OCH3 is 1. The molecule has 1 aromatic carbocycles. The molecule has 2 N–H and O–H groups in total. The Labute approximate surface area is 125 Å². The minimum Gasteiger partial charge on any atom is -0.497 e. The van der Waals surface area contributed by atoms with Gasteiger partial charge in [0.15, 0.2) is 0 Å². The summed E-state index contributed by atoms with van der Waals surface area (Å²) in [6.07, 6.45) is -0.510. The predicted octanol–water partition coefficient (Wildman–Crippen LogP) is 3.34. The van der Waals surface area contributed by atoms with Gasteiger partial charge in [0.2, 0.25) is 0 Å². The molecule has 5 heteroatoms. The van der Waals surface area contributed by atoms with Crippen LogP contribution in [0.25, 0.3) is 0 Å². The fraction of sp³-hybridized carbons (Fsp3) is 0.286. The lowest BCUT2D eigenvalue weighted by Crippen LogP contribution is -2.20. The summed E-state index contributed by atoms with van der Waals surface area (Å²) in [5.74, 6) is 0.798. The number of aliphatic hydroxyl groups excluding tert-OH is 1. The third-order valence-electron chi connectivity index (χ3n) is 2.81. The number of thiophene rings is 1. The molecule has 0 aliphatic heterocycles. The molecule has 1 unspecified atom stereocenters. The molecule has 2 aromatic rings. The van der Waals surface area contributed by atoms with E-state index in [1.807, 2.05) is 35.7 Å². The summed E-state index contributed by atoms with van der Waals surface area (Å²) in [5.41, 5.74) is 0.888. The van der Waals surface area contributed by atoms with Crippen molar-refractivity contribution in [3.8, 4) is 5.75 Å². The average molecular weight is 342 g/mol. The van der Waals surface area contributed by atoms with E-state index in [0.717, 1.165) is 22.3 Å². The van der Waals surface area contributed by atoms with Crippen molar-refractivity contribution in [1.29, 1.82) is 0 Å². The number of aliphatic hydroxyl groups is 1. The van der Waals surface area contributed by atoms with Crippen LogP contribution in [-0.2, 0) is 6.54 Å². The minimum absolute atomic E-state index is 0.510. The van der Waals surface area contributed by atoms with Gasteiger partial charge in [-0.3, -0.25) is 0 Å². The Morgan fingerprint density at radius 2 is 2.05 bits per heavy atom. The fourth-order valence-electron chi connectivity index (χ4n) is 1.72. The van der Waals surface area contributed by atoms with Crippen LogP contribution in [0.3, 0.4) is 0 Å². The SMILES string of the molecule is COc1ccc(C(O)CNCc2sccc2Br)cc1. The van der Waals surface area contributed by atoms with Crippen LogP contribution in [0.2, 0.25) is 0 Å². The van der Waals surface area contributed by atoms with Gasteiger partial charge in [0.1, 0.15) is 5.75 Å². The molecule has 0 saturated carbocycles. The zero-order valence-electron chi connectivity index (χ0n) is 10.6. The molecule has 102 valence electrons. The summed E-state index contributed by atoms with van der Waals surface area (Å²) in [4.78, 5) is 1.24. The van der Waals surface area contributed by atoms with Crippen molar-refractivity contribution in [2.24, 2.45) is 0 Å². The van der Waals surface area contributed by atoms with E-state index >= 15 is 0 Å². The Hall–Kier alpha value is -0.880. The Morgan fingerprint density at radius 3 is 2.63 bits per heavy atom. The molecule has 0 bridgehead atoms. The molecule has 0 aliphatic rings. The van der Waals surface area contributed by atoms with Crippen LogP contribution < -0.4 is 10.1 Å². The van der Waals surface area contributed by atoms with Crippen LogP contribution in [0.5, 0.6) is 5.75 Å². The zero-order chi connectivity index (χ0) is 13.7. The number of benzene rings is 1. The molecule has 3 nitrogen and oxygen atoms in total. The maximum atomic E-state index is 10.1. The first-order valence-electron chi connectivity index (χ1n) is 5.95. The fourth-order valence-corrected chi connectivity index (χ4v) is 3.18. The van der Waals surface area contributed by atoms with E-state index in [1.54, 1.807) is 18.4 Å². The lowest BCUT2D eigenvalue weighted by atomic mass is 10.1. The maximum absolute atomic E-state index is 10.1. The molecule has 19 heavy (non-hydrogen) atoms. The van der Waals surface area contributed by atoms with Crippen LogP contribution in [0.4, 0.5) is 0 Å². The highest BCUT2D eigenvalue weighted by Crippen LogP contribution is 2.22. The third-order valence-corrected chi connectivity index (χ3v) is 4.74. The van der Waals surface area contributed by atoms with Crippen molar-refractivity contribution in [2.75, 3.05) is 13.7 Å². The molecule has 1 heterocycles. The van der Waals surface area contributed by atoms with Gasteiger partial charge in [0.25, 0.3) is 0 Å². The number of hydrogen-bond acceptors (Lipinski definition) is 4. The first kappa shape index (κ1) is 14.5. The first-order valence-corrected chi connectivity index (χ1v) is 7.62.